The van der Waals surface area contributed by atoms with Crippen LogP contribution in [0.2, 0.25) is 10.0 Å². The molecule has 48 heavy (non-hydrogen) atoms. The van der Waals surface area contributed by atoms with Gasteiger partial charge in [0.15, 0.2) is 0 Å². The summed E-state index contributed by atoms with van der Waals surface area (Å²) in [5, 5.41) is 3.90. The number of nitrogens with zero attached hydrogens (tertiary/aromatic N) is 2. The Morgan fingerprint density at radius 2 is 1.42 bits per heavy atom. The van der Waals surface area contributed by atoms with Crippen LogP contribution in [0.5, 0.6) is 0 Å². The Morgan fingerprint density at radius 1 is 0.792 bits per heavy atom. The Bertz CT molecular complexity index is 1810. The zero-order valence-corrected chi connectivity index (χ0v) is 29.6. The van der Waals surface area contributed by atoms with E-state index in [1.807, 2.05) is 44.2 Å². The summed E-state index contributed by atoms with van der Waals surface area (Å²) in [6.07, 6.45) is 5.18. The number of sulfonamides is 1. The molecule has 0 saturated heterocycles. The zero-order chi connectivity index (χ0) is 34.3. The van der Waals surface area contributed by atoms with Gasteiger partial charge in [-0.25, -0.2) is 8.42 Å². The summed E-state index contributed by atoms with van der Waals surface area (Å²) in [6, 6.07) is 27.2. The molecular formula is C38H41Cl2N3O4S. The summed E-state index contributed by atoms with van der Waals surface area (Å²) in [7, 11) is -4.18. The second-order valence-electron chi connectivity index (χ2n) is 12.5. The van der Waals surface area contributed by atoms with Crippen LogP contribution in [-0.2, 0) is 32.6 Å². The molecule has 0 aromatic heterocycles. The van der Waals surface area contributed by atoms with Gasteiger partial charge in [0.05, 0.1) is 20.6 Å². The Labute approximate surface area is 293 Å². The molecule has 7 nitrogen and oxygen atoms in total. The molecule has 0 spiro atoms. The first-order valence-corrected chi connectivity index (χ1v) is 18.4. The van der Waals surface area contributed by atoms with Crippen molar-refractivity contribution in [2.24, 2.45) is 0 Å². The first-order chi connectivity index (χ1) is 23.0. The van der Waals surface area contributed by atoms with E-state index < -0.39 is 28.5 Å². The second-order valence-corrected chi connectivity index (χ2v) is 15.2. The molecule has 5 rings (SSSR count). The van der Waals surface area contributed by atoms with E-state index in [2.05, 4.69) is 5.32 Å². The van der Waals surface area contributed by atoms with Crippen molar-refractivity contribution in [1.29, 1.82) is 0 Å². The van der Waals surface area contributed by atoms with E-state index in [0.29, 0.717) is 21.3 Å². The largest absolute Gasteiger partial charge is 0.352 e. The van der Waals surface area contributed by atoms with Gasteiger partial charge in [0, 0.05) is 19.0 Å². The third-order valence-electron chi connectivity index (χ3n) is 8.77. The highest BCUT2D eigenvalue weighted by Crippen LogP contribution is 2.28. The van der Waals surface area contributed by atoms with Gasteiger partial charge in [0.1, 0.15) is 12.6 Å². The molecule has 1 fully saturated rings. The highest BCUT2D eigenvalue weighted by molar-refractivity contribution is 7.92. The van der Waals surface area contributed by atoms with E-state index in [1.165, 1.54) is 4.90 Å². The van der Waals surface area contributed by atoms with Crippen molar-refractivity contribution >= 4 is 50.7 Å². The predicted molar refractivity (Wildman–Crippen MR) is 193 cm³/mol. The van der Waals surface area contributed by atoms with Crippen LogP contribution in [0, 0.1) is 13.8 Å². The molecule has 0 heterocycles. The molecule has 0 bridgehead atoms. The molecule has 1 unspecified atom stereocenters. The second kappa shape index (κ2) is 16.0. The summed E-state index contributed by atoms with van der Waals surface area (Å²) < 4.78 is 29.6. The fraction of sp³-hybridized carbons (Fsp3) is 0.316. The van der Waals surface area contributed by atoms with Gasteiger partial charge < -0.3 is 10.2 Å². The van der Waals surface area contributed by atoms with Crippen molar-refractivity contribution in [3.05, 3.63) is 129 Å². The number of hydrogen-bond acceptors (Lipinski definition) is 4. The molecular weight excluding hydrogens is 665 g/mol. The van der Waals surface area contributed by atoms with Crippen LogP contribution in [0.15, 0.2) is 102 Å². The van der Waals surface area contributed by atoms with Crippen LogP contribution in [0.25, 0.3) is 0 Å². The van der Waals surface area contributed by atoms with E-state index in [9.17, 15) is 18.0 Å². The van der Waals surface area contributed by atoms with Crippen LogP contribution >= 0.6 is 23.2 Å². The molecule has 2 amide bonds. The fourth-order valence-electron chi connectivity index (χ4n) is 6.01. The monoisotopic (exact) mass is 705 g/mol. The first kappa shape index (κ1) is 35.5. The lowest BCUT2D eigenvalue weighted by molar-refractivity contribution is -0.140. The first-order valence-electron chi connectivity index (χ1n) is 16.2. The third-order valence-corrected chi connectivity index (χ3v) is 11.3. The van der Waals surface area contributed by atoms with Crippen LogP contribution in [0.3, 0.4) is 0 Å². The minimum atomic E-state index is -4.18. The average molecular weight is 707 g/mol. The highest BCUT2D eigenvalue weighted by atomic mass is 35.5. The molecule has 1 aliphatic rings. The number of amides is 2. The van der Waals surface area contributed by atoms with Gasteiger partial charge in [0.25, 0.3) is 10.0 Å². The lowest BCUT2D eigenvalue weighted by Gasteiger charge is -2.35. The van der Waals surface area contributed by atoms with Gasteiger partial charge in [-0.1, -0.05) is 114 Å². The lowest BCUT2D eigenvalue weighted by atomic mass is 9.94. The molecule has 0 radical (unpaired) electrons. The molecule has 1 saturated carbocycles. The number of anilines is 1. The number of benzene rings is 4. The van der Waals surface area contributed by atoms with Crippen molar-refractivity contribution in [2.75, 3.05) is 10.8 Å². The van der Waals surface area contributed by atoms with E-state index in [-0.39, 0.29) is 29.8 Å². The van der Waals surface area contributed by atoms with Crippen LogP contribution < -0.4 is 9.62 Å². The Hall–Kier alpha value is -3.85. The van der Waals surface area contributed by atoms with Gasteiger partial charge in [-0.3, -0.25) is 13.9 Å². The van der Waals surface area contributed by atoms with Gasteiger partial charge in [0.2, 0.25) is 11.8 Å². The molecule has 4 aromatic carbocycles. The van der Waals surface area contributed by atoms with Gasteiger partial charge in [-0.05, 0) is 74.2 Å². The predicted octanol–water partition coefficient (Wildman–Crippen LogP) is 7.89. The van der Waals surface area contributed by atoms with Crippen LogP contribution in [0.1, 0.15) is 54.4 Å². The van der Waals surface area contributed by atoms with E-state index in [1.54, 1.807) is 66.7 Å². The smallest absolute Gasteiger partial charge is 0.264 e. The zero-order valence-electron chi connectivity index (χ0n) is 27.2. The van der Waals surface area contributed by atoms with Crippen molar-refractivity contribution < 1.29 is 18.0 Å². The van der Waals surface area contributed by atoms with E-state index in [0.717, 1.165) is 53.1 Å². The number of nitrogens with one attached hydrogen (secondary N) is 1. The van der Waals surface area contributed by atoms with Crippen molar-refractivity contribution in [2.45, 2.75) is 75.9 Å². The summed E-state index contributed by atoms with van der Waals surface area (Å²) >= 11 is 12.6. The number of halogens is 2. The molecule has 4 aromatic rings. The maximum absolute atomic E-state index is 14.7. The Balaban J connectivity index is 1.57. The Morgan fingerprint density at radius 3 is 2.04 bits per heavy atom. The fourth-order valence-corrected chi connectivity index (χ4v) is 7.75. The van der Waals surface area contributed by atoms with Gasteiger partial charge in [-0.2, -0.15) is 0 Å². The van der Waals surface area contributed by atoms with Crippen molar-refractivity contribution in [3.63, 3.8) is 0 Å². The maximum atomic E-state index is 14.7. The standard InChI is InChI=1S/C38H41Cl2N3O4S/c1-27-13-18-32(19-14-27)43(48(46,47)33-20-15-28(2)16-21-33)26-37(44)42(25-30-17-22-34(39)35(40)23-30)36(24-29-9-5-3-6-10-29)38(45)41-31-11-7-4-8-12-31/h3,5-6,9-10,13-23,31,36H,4,7-8,11-12,24-26H2,1-2H3,(H,41,45). The summed E-state index contributed by atoms with van der Waals surface area (Å²) in [4.78, 5) is 30.5. The quantitative estimate of drug-likeness (QED) is 0.162. The molecule has 1 atom stereocenters. The molecule has 252 valence electrons. The normalized spacial score (nSPS) is 14.2. The highest BCUT2D eigenvalue weighted by Gasteiger charge is 2.35. The van der Waals surface area contributed by atoms with Gasteiger partial charge in [-0.15, -0.1) is 0 Å². The minimum absolute atomic E-state index is 0.0115. The summed E-state index contributed by atoms with van der Waals surface area (Å²) in [5.41, 5.74) is 3.73. The average Bonchev–Trinajstić information content (AvgIpc) is 3.08. The van der Waals surface area contributed by atoms with E-state index in [4.69, 9.17) is 23.2 Å². The molecule has 0 aliphatic heterocycles. The maximum Gasteiger partial charge on any atom is 0.264 e. The van der Waals surface area contributed by atoms with Crippen molar-refractivity contribution in [3.8, 4) is 0 Å². The van der Waals surface area contributed by atoms with E-state index >= 15 is 0 Å². The third kappa shape index (κ3) is 8.98. The van der Waals surface area contributed by atoms with Crippen molar-refractivity contribution in [1.82, 2.24) is 10.2 Å². The summed E-state index contributed by atoms with van der Waals surface area (Å²) in [5.74, 6) is -0.806. The van der Waals surface area contributed by atoms with Gasteiger partial charge >= 0.3 is 0 Å². The number of carbonyl (C=O) groups excluding carboxylic acids is 2. The number of carbonyl (C=O) groups is 2. The topological polar surface area (TPSA) is 86.8 Å². The number of rotatable bonds is 12. The summed E-state index contributed by atoms with van der Waals surface area (Å²) in [6.45, 7) is 3.27. The minimum Gasteiger partial charge on any atom is -0.352 e. The SMILES string of the molecule is Cc1ccc(N(CC(=O)N(Cc2ccc(Cl)c(Cl)c2)C(Cc2ccccc2)C(=O)NC2CCCCC2)S(=O)(=O)c2ccc(C)cc2)cc1. The molecule has 1 N–H and O–H groups in total. The van der Waals surface area contributed by atoms with Crippen LogP contribution in [0.4, 0.5) is 5.69 Å². The van der Waals surface area contributed by atoms with Crippen LogP contribution in [-0.4, -0.2) is 43.8 Å². The number of aryl methyl sites for hydroxylation is 2. The Kier molecular flexibility index (Phi) is 11.8. The lowest BCUT2D eigenvalue weighted by Crippen LogP contribution is -2.55. The number of hydrogen-bond donors (Lipinski definition) is 1. The molecule has 10 heteroatoms. The molecule has 1 aliphatic carbocycles.